The zero-order valence-electron chi connectivity index (χ0n) is 54.0. The smallest absolute Gasteiger partial charge is 0.0609 e. The molecule has 5 heteroatoms. The molecule has 1 aliphatic carbocycles. The Balaban J connectivity index is 0.673. The molecule has 0 fully saturated rings. The van der Waals surface area contributed by atoms with Crippen LogP contribution in [0.4, 0.5) is 17.1 Å². The van der Waals surface area contributed by atoms with Crippen LogP contribution in [0.15, 0.2) is 350 Å². The van der Waals surface area contributed by atoms with Crippen LogP contribution in [-0.4, -0.2) is 13.7 Å². The van der Waals surface area contributed by atoms with Crippen LogP contribution in [0.25, 0.3) is 149 Å². The van der Waals surface area contributed by atoms with Crippen LogP contribution >= 0.6 is 11.8 Å². The Morgan fingerprint density at radius 1 is 0.224 bits per heavy atom. The van der Waals surface area contributed by atoms with Gasteiger partial charge >= 0.3 is 0 Å². The number of aromatic nitrogens is 3. The minimum absolute atomic E-state index is 0.112. The summed E-state index contributed by atoms with van der Waals surface area (Å²) in [6.45, 7) is 4.75. The maximum Gasteiger partial charge on any atom is 0.0609 e. The molecule has 0 N–H and O–H groups in total. The van der Waals surface area contributed by atoms with Gasteiger partial charge in [0.15, 0.2) is 0 Å². The molecule has 15 aromatic carbocycles. The number of nitrogens with zero attached hydrogens (tertiary/aromatic N) is 4. The van der Waals surface area contributed by atoms with Crippen LogP contribution in [-0.2, 0) is 5.41 Å². The summed E-state index contributed by atoms with van der Waals surface area (Å²) >= 11 is 1.85. The van der Waals surface area contributed by atoms with E-state index in [1.54, 1.807) is 0 Å². The van der Waals surface area contributed by atoms with Gasteiger partial charge in [0.25, 0.3) is 0 Å². The van der Waals surface area contributed by atoms with Crippen molar-refractivity contribution in [2.24, 2.45) is 0 Å². The van der Waals surface area contributed by atoms with Gasteiger partial charge in [0.05, 0.1) is 44.5 Å². The summed E-state index contributed by atoms with van der Waals surface area (Å²) in [6.07, 6.45) is 0. The summed E-state index contributed by atoms with van der Waals surface area (Å²) in [5, 5.41) is 7.40. The lowest BCUT2D eigenvalue weighted by Gasteiger charge is -2.33. The highest BCUT2D eigenvalue weighted by molar-refractivity contribution is 7.99. The van der Waals surface area contributed by atoms with Gasteiger partial charge in [-0.3, -0.25) is 0 Å². The van der Waals surface area contributed by atoms with E-state index in [0.717, 1.165) is 39.4 Å². The number of fused-ring (bicyclic) bond motifs is 14. The second-order valence-electron chi connectivity index (χ2n) is 26.8. The molecule has 0 bridgehead atoms. The fourth-order valence-electron chi connectivity index (χ4n) is 16.3. The molecule has 0 radical (unpaired) electrons. The third-order valence-electron chi connectivity index (χ3n) is 21.0. The van der Waals surface area contributed by atoms with E-state index in [1.165, 1.54) is 148 Å². The first-order valence-electron chi connectivity index (χ1n) is 33.9. The highest BCUT2D eigenvalue weighted by Gasteiger charge is 2.36. The number of benzene rings is 15. The lowest BCUT2D eigenvalue weighted by atomic mass is 9.82. The van der Waals surface area contributed by atoms with E-state index in [9.17, 15) is 0 Å². The topological polar surface area (TPSA) is 18.0 Å². The maximum absolute atomic E-state index is 2.49. The van der Waals surface area contributed by atoms with Crippen molar-refractivity contribution >= 4 is 94.2 Å². The number of hydrogen-bond acceptors (Lipinski definition) is 2. The molecule has 0 saturated heterocycles. The van der Waals surface area contributed by atoms with Gasteiger partial charge < -0.3 is 18.6 Å². The molecule has 460 valence electrons. The number of hydrogen-bond donors (Lipinski definition) is 0. The first-order chi connectivity index (χ1) is 48.3. The highest BCUT2D eigenvalue weighted by Crippen LogP contribution is 2.55. The van der Waals surface area contributed by atoms with Crippen LogP contribution in [0.1, 0.15) is 25.0 Å². The second kappa shape index (κ2) is 22.0. The fraction of sp³-hybridized carbons (Fsp3) is 0.0323. The lowest BCUT2D eigenvalue weighted by molar-refractivity contribution is 0.661. The zero-order valence-corrected chi connectivity index (χ0v) is 54.8. The molecule has 0 unspecified atom stereocenters. The van der Waals surface area contributed by atoms with Gasteiger partial charge in [-0.05, 0) is 211 Å². The molecule has 4 nitrogen and oxygen atoms in total. The minimum Gasteiger partial charge on any atom is -0.309 e. The molecule has 2 aliphatic rings. The average molecular weight is 1270 g/mol. The molecule has 4 heterocycles. The molecule has 1 aliphatic heterocycles. The Morgan fingerprint density at radius 3 is 1.39 bits per heavy atom. The van der Waals surface area contributed by atoms with Gasteiger partial charge in [-0.1, -0.05) is 232 Å². The van der Waals surface area contributed by atoms with Gasteiger partial charge in [0, 0.05) is 70.3 Å². The first kappa shape index (κ1) is 56.2. The summed E-state index contributed by atoms with van der Waals surface area (Å²) in [4.78, 5) is 4.91. The van der Waals surface area contributed by atoms with Crippen LogP contribution < -0.4 is 4.90 Å². The lowest BCUT2D eigenvalue weighted by Crippen LogP contribution is -2.15. The SMILES string of the molecule is CC1(C)c2ccccc2-c2cc3c4ccccc4n(-c4cccc(-c5ccc6c(c5)c5ccc(-c7cccc(N8c9ccccc9Sc9cc%10c(cc98)c8ccccc8n%10-c8ccc(-c9cc(-c%10ccccc%10)cc(-c%10ccccc%10)c9)cc8)c7)cc5n6-c5ccccc5)c4)c3cc21. The van der Waals surface area contributed by atoms with E-state index in [2.05, 4.69) is 372 Å². The third kappa shape index (κ3) is 8.79. The van der Waals surface area contributed by atoms with E-state index in [4.69, 9.17) is 0 Å². The molecule has 0 spiro atoms. The van der Waals surface area contributed by atoms with Gasteiger partial charge in [0.1, 0.15) is 0 Å². The van der Waals surface area contributed by atoms with Crippen molar-refractivity contribution in [3.8, 4) is 83.8 Å². The number of anilines is 3. The van der Waals surface area contributed by atoms with Crippen LogP contribution in [0.3, 0.4) is 0 Å². The molecule has 20 rings (SSSR count). The molecular formula is C93H62N4S. The largest absolute Gasteiger partial charge is 0.309 e. The Kier molecular flexibility index (Phi) is 12.6. The predicted octanol–water partition coefficient (Wildman–Crippen LogP) is 25.6. The van der Waals surface area contributed by atoms with Crippen LogP contribution in [0.5, 0.6) is 0 Å². The van der Waals surface area contributed by atoms with E-state index in [-0.39, 0.29) is 5.41 Å². The van der Waals surface area contributed by atoms with Gasteiger partial charge in [-0.15, -0.1) is 0 Å². The van der Waals surface area contributed by atoms with Crippen molar-refractivity contribution in [2.75, 3.05) is 4.90 Å². The summed E-state index contributed by atoms with van der Waals surface area (Å²) in [7, 11) is 0. The van der Waals surface area contributed by atoms with E-state index in [0.29, 0.717) is 0 Å². The number of rotatable bonds is 9. The Labute approximate surface area is 572 Å². The van der Waals surface area contributed by atoms with E-state index < -0.39 is 0 Å². The molecule has 18 aromatic rings. The third-order valence-corrected chi connectivity index (χ3v) is 22.1. The fourth-order valence-corrected chi connectivity index (χ4v) is 17.4. The molecule has 0 atom stereocenters. The Bertz CT molecular complexity index is 6230. The van der Waals surface area contributed by atoms with E-state index >= 15 is 0 Å². The van der Waals surface area contributed by atoms with Gasteiger partial charge in [-0.25, -0.2) is 0 Å². The van der Waals surface area contributed by atoms with Crippen molar-refractivity contribution < 1.29 is 0 Å². The van der Waals surface area contributed by atoms with Crippen molar-refractivity contribution in [3.05, 3.63) is 351 Å². The van der Waals surface area contributed by atoms with Crippen molar-refractivity contribution in [1.82, 2.24) is 13.7 Å². The molecule has 0 amide bonds. The van der Waals surface area contributed by atoms with E-state index in [1.807, 2.05) is 11.8 Å². The quantitative estimate of drug-likeness (QED) is 0.143. The van der Waals surface area contributed by atoms with Crippen molar-refractivity contribution in [2.45, 2.75) is 29.1 Å². The van der Waals surface area contributed by atoms with Crippen molar-refractivity contribution in [1.29, 1.82) is 0 Å². The molecular weight excluding hydrogens is 1210 g/mol. The Morgan fingerprint density at radius 2 is 0.684 bits per heavy atom. The van der Waals surface area contributed by atoms with Gasteiger partial charge in [-0.2, -0.15) is 0 Å². The summed E-state index contributed by atoms with van der Waals surface area (Å²) in [5.41, 5.74) is 31.1. The molecule has 0 saturated carbocycles. The molecule has 3 aromatic heterocycles. The molecule has 98 heavy (non-hydrogen) atoms. The standard InChI is InChI=1S/C93H62N4S/c1-93(2)81-35-15-12-32-73(81)77-55-79-74-33-13-17-37-84(74)96(88(79)57-82(77)93)71-30-20-26-62(51-71)64-43-47-85-78(53-64)76-46-42-65(54-87(76)94(85)69-28-10-5-11-29-69)63-27-21-31-72(52-63)97-86-38-18-19-39-91(86)98-92-58-89-80(56-90(92)97)75-34-14-16-36-83(75)95(89)70-44-40-61(41-45-70)68-49-66(59-22-6-3-7-23-59)48-67(50-68)60-24-8-4-9-25-60/h3-58H,1-2H3. The Hall–Kier alpha value is -12.2. The first-order valence-corrected chi connectivity index (χ1v) is 34.7. The summed E-state index contributed by atoms with van der Waals surface area (Å²) in [5.74, 6) is 0. The predicted molar refractivity (Wildman–Crippen MR) is 413 cm³/mol. The minimum atomic E-state index is -0.112. The summed E-state index contributed by atoms with van der Waals surface area (Å²) in [6, 6.07) is 126. The average Bonchev–Trinajstić information content (AvgIpc) is 1.53. The monoisotopic (exact) mass is 1270 g/mol. The van der Waals surface area contributed by atoms with Crippen molar-refractivity contribution in [3.63, 3.8) is 0 Å². The highest BCUT2D eigenvalue weighted by atomic mass is 32.2. The zero-order chi connectivity index (χ0) is 64.7. The number of para-hydroxylation sites is 4. The maximum atomic E-state index is 2.49. The van der Waals surface area contributed by atoms with Gasteiger partial charge in [0.2, 0.25) is 0 Å². The summed E-state index contributed by atoms with van der Waals surface area (Å²) < 4.78 is 7.39. The van der Waals surface area contributed by atoms with Crippen LogP contribution in [0, 0.1) is 0 Å². The second-order valence-corrected chi connectivity index (χ2v) is 27.9. The normalized spacial score (nSPS) is 13.0. The van der Waals surface area contributed by atoms with Crippen LogP contribution in [0.2, 0.25) is 0 Å².